The third-order valence-electron chi connectivity index (χ3n) is 3.56. The molecule has 1 aliphatic rings. The molecule has 0 bridgehead atoms. The van der Waals surface area contributed by atoms with Crippen LogP contribution in [0.25, 0.3) is 0 Å². The second kappa shape index (κ2) is 7.08. The van der Waals surface area contributed by atoms with Crippen LogP contribution in [0, 0.1) is 0 Å². The largest absolute Gasteiger partial charge is 0.302 e. The fourth-order valence-corrected chi connectivity index (χ4v) is 6.00. The molecule has 3 heterocycles. The number of piperidine rings is 1. The van der Waals surface area contributed by atoms with Gasteiger partial charge in [0.15, 0.2) is 5.13 Å². The van der Waals surface area contributed by atoms with Gasteiger partial charge in [0.25, 0.3) is 10.0 Å². The maximum Gasteiger partial charge on any atom is 0.252 e. The normalized spacial score (nSPS) is 16.3. The summed E-state index contributed by atoms with van der Waals surface area (Å²) in [5.41, 5.74) is 0. The van der Waals surface area contributed by atoms with Gasteiger partial charge in [-0.2, -0.15) is 4.31 Å². The zero-order chi connectivity index (χ0) is 16.3. The first kappa shape index (κ1) is 16.6. The Hall–Kier alpha value is -1.29. The van der Waals surface area contributed by atoms with Crippen molar-refractivity contribution in [2.24, 2.45) is 0 Å². The van der Waals surface area contributed by atoms with Crippen molar-refractivity contribution in [2.75, 3.05) is 18.4 Å². The smallest absolute Gasteiger partial charge is 0.252 e. The van der Waals surface area contributed by atoms with E-state index in [9.17, 15) is 13.2 Å². The Balaban J connectivity index is 1.66. The lowest BCUT2D eigenvalue weighted by molar-refractivity contribution is -0.115. The number of nitrogens with zero attached hydrogens (tertiary/aromatic N) is 2. The van der Waals surface area contributed by atoms with Gasteiger partial charge in [-0.1, -0.05) is 6.42 Å². The minimum atomic E-state index is -3.42. The van der Waals surface area contributed by atoms with Crippen molar-refractivity contribution in [3.8, 4) is 0 Å². The molecule has 0 atom stereocenters. The first-order valence-electron chi connectivity index (χ1n) is 7.34. The summed E-state index contributed by atoms with van der Waals surface area (Å²) in [7, 11) is -3.42. The van der Waals surface area contributed by atoms with E-state index in [-0.39, 0.29) is 12.3 Å². The molecule has 0 spiro atoms. The molecule has 1 amide bonds. The Kier molecular flexibility index (Phi) is 5.10. The zero-order valence-electron chi connectivity index (χ0n) is 12.4. The van der Waals surface area contributed by atoms with Gasteiger partial charge >= 0.3 is 0 Å². The van der Waals surface area contributed by atoms with E-state index in [0.717, 1.165) is 24.1 Å². The molecule has 9 heteroatoms. The van der Waals surface area contributed by atoms with E-state index < -0.39 is 10.0 Å². The van der Waals surface area contributed by atoms with E-state index in [1.165, 1.54) is 22.7 Å². The van der Waals surface area contributed by atoms with Gasteiger partial charge in [-0.15, -0.1) is 22.7 Å². The third-order valence-corrected chi connectivity index (χ3v) is 7.70. The Labute approximate surface area is 143 Å². The van der Waals surface area contributed by atoms with Gasteiger partial charge in [-0.05, 0) is 25.0 Å². The van der Waals surface area contributed by atoms with Gasteiger partial charge in [0.1, 0.15) is 4.21 Å². The summed E-state index contributed by atoms with van der Waals surface area (Å²) >= 11 is 2.51. The minimum Gasteiger partial charge on any atom is -0.302 e. The summed E-state index contributed by atoms with van der Waals surface area (Å²) < 4.78 is 27.0. The molecular formula is C14H17N3O3S3. The van der Waals surface area contributed by atoms with Crippen LogP contribution in [-0.4, -0.2) is 36.7 Å². The lowest BCUT2D eigenvalue weighted by Gasteiger charge is -2.25. The van der Waals surface area contributed by atoms with E-state index in [0.29, 0.717) is 22.4 Å². The van der Waals surface area contributed by atoms with Crippen molar-refractivity contribution >= 4 is 43.7 Å². The number of hydrogen-bond acceptors (Lipinski definition) is 6. The topological polar surface area (TPSA) is 79.4 Å². The van der Waals surface area contributed by atoms with E-state index in [1.54, 1.807) is 28.0 Å². The summed E-state index contributed by atoms with van der Waals surface area (Å²) in [6.07, 6.45) is 4.68. The van der Waals surface area contributed by atoms with Gasteiger partial charge in [0.05, 0.1) is 6.42 Å². The molecule has 23 heavy (non-hydrogen) atoms. The van der Waals surface area contributed by atoms with Gasteiger partial charge < -0.3 is 5.32 Å². The number of sulfonamides is 1. The van der Waals surface area contributed by atoms with Crippen LogP contribution in [-0.2, 0) is 21.2 Å². The number of thiazole rings is 1. The number of aromatic nitrogens is 1. The minimum absolute atomic E-state index is 0.153. The average Bonchev–Trinajstić information content (AvgIpc) is 3.20. The number of nitrogens with one attached hydrogen (secondary N) is 1. The predicted molar refractivity (Wildman–Crippen MR) is 91.4 cm³/mol. The van der Waals surface area contributed by atoms with E-state index in [2.05, 4.69) is 10.3 Å². The van der Waals surface area contributed by atoms with Crippen molar-refractivity contribution in [3.05, 3.63) is 28.6 Å². The first-order valence-corrected chi connectivity index (χ1v) is 10.5. The Morgan fingerprint density at radius 2 is 2.04 bits per heavy atom. The van der Waals surface area contributed by atoms with Crippen LogP contribution in [0.2, 0.25) is 0 Å². The van der Waals surface area contributed by atoms with Crippen LogP contribution in [0.15, 0.2) is 27.9 Å². The highest BCUT2D eigenvalue weighted by Crippen LogP contribution is 2.27. The molecule has 6 nitrogen and oxygen atoms in total. The molecule has 1 fully saturated rings. The first-order chi connectivity index (χ1) is 11.1. The fraction of sp³-hybridized carbons (Fsp3) is 0.429. The molecule has 3 rings (SSSR count). The van der Waals surface area contributed by atoms with Crippen LogP contribution >= 0.6 is 22.7 Å². The van der Waals surface area contributed by atoms with Crippen molar-refractivity contribution in [1.29, 1.82) is 0 Å². The summed E-state index contributed by atoms with van der Waals surface area (Å²) in [5, 5.41) is 5.03. The van der Waals surface area contributed by atoms with E-state index in [4.69, 9.17) is 0 Å². The number of anilines is 1. The molecule has 0 unspecified atom stereocenters. The number of thiophene rings is 1. The van der Waals surface area contributed by atoms with E-state index in [1.807, 2.05) is 0 Å². The number of carbonyl (C=O) groups is 1. The molecule has 1 aliphatic heterocycles. The van der Waals surface area contributed by atoms with Crippen LogP contribution in [0.5, 0.6) is 0 Å². The number of rotatable bonds is 5. The monoisotopic (exact) mass is 371 g/mol. The highest BCUT2D eigenvalue weighted by molar-refractivity contribution is 7.91. The summed E-state index contributed by atoms with van der Waals surface area (Å²) in [5.74, 6) is -0.191. The standard InChI is InChI=1S/C14H17N3O3S3/c18-12(16-14-15-6-9-21-14)10-11-4-5-13(22-11)23(19,20)17-7-2-1-3-8-17/h4-6,9H,1-3,7-8,10H2,(H,15,16,18). The number of carbonyl (C=O) groups excluding carboxylic acids is 1. The molecule has 1 N–H and O–H groups in total. The van der Waals surface area contributed by atoms with E-state index >= 15 is 0 Å². The molecule has 2 aromatic heterocycles. The van der Waals surface area contributed by atoms with Crippen molar-refractivity contribution < 1.29 is 13.2 Å². The van der Waals surface area contributed by atoms with Crippen molar-refractivity contribution in [1.82, 2.24) is 9.29 Å². The van der Waals surface area contributed by atoms with Gasteiger partial charge in [0, 0.05) is 29.5 Å². The Bertz CT molecular complexity index is 762. The predicted octanol–water partition coefficient (Wildman–Crippen LogP) is 2.56. The van der Waals surface area contributed by atoms with Crippen LogP contribution in [0.1, 0.15) is 24.1 Å². The van der Waals surface area contributed by atoms with Crippen LogP contribution in [0.3, 0.4) is 0 Å². The molecular weight excluding hydrogens is 354 g/mol. The summed E-state index contributed by atoms with van der Waals surface area (Å²) in [4.78, 5) is 16.7. The zero-order valence-corrected chi connectivity index (χ0v) is 14.8. The van der Waals surface area contributed by atoms with Gasteiger partial charge in [-0.3, -0.25) is 4.79 Å². The van der Waals surface area contributed by atoms with Crippen molar-refractivity contribution in [2.45, 2.75) is 29.9 Å². The maximum absolute atomic E-state index is 12.6. The lowest BCUT2D eigenvalue weighted by atomic mass is 10.2. The Morgan fingerprint density at radius 3 is 2.74 bits per heavy atom. The SMILES string of the molecule is O=C(Cc1ccc(S(=O)(=O)N2CCCCC2)s1)Nc1nccs1. The molecule has 1 saturated heterocycles. The summed E-state index contributed by atoms with van der Waals surface area (Å²) in [6.45, 7) is 1.17. The average molecular weight is 372 g/mol. The lowest BCUT2D eigenvalue weighted by Crippen LogP contribution is -2.35. The number of hydrogen-bond donors (Lipinski definition) is 1. The molecule has 0 aromatic carbocycles. The second-order valence-corrected chi connectivity index (χ2v) is 9.48. The number of amides is 1. The second-order valence-electron chi connectivity index (χ2n) is 5.25. The summed E-state index contributed by atoms with van der Waals surface area (Å²) in [6, 6.07) is 3.31. The molecule has 0 radical (unpaired) electrons. The molecule has 124 valence electrons. The third kappa shape index (κ3) is 3.97. The highest BCUT2D eigenvalue weighted by Gasteiger charge is 2.27. The highest BCUT2D eigenvalue weighted by atomic mass is 32.2. The van der Waals surface area contributed by atoms with Crippen LogP contribution < -0.4 is 5.32 Å². The van der Waals surface area contributed by atoms with Gasteiger partial charge in [0.2, 0.25) is 5.91 Å². The Morgan fingerprint density at radius 1 is 1.26 bits per heavy atom. The fourth-order valence-electron chi connectivity index (χ4n) is 2.43. The van der Waals surface area contributed by atoms with Crippen molar-refractivity contribution in [3.63, 3.8) is 0 Å². The quantitative estimate of drug-likeness (QED) is 0.876. The molecule has 0 saturated carbocycles. The maximum atomic E-state index is 12.6. The molecule has 0 aliphatic carbocycles. The van der Waals surface area contributed by atoms with Crippen LogP contribution in [0.4, 0.5) is 5.13 Å². The van der Waals surface area contributed by atoms with Gasteiger partial charge in [-0.25, -0.2) is 13.4 Å². The molecule has 2 aromatic rings.